The summed E-state index contributed by atoms with van der Waals surface area (Å²) >= 11 is 0. The largest absolute Gasteiger partial charge is 0.377 e. The van der Waals surface area contributed by atoms with Crippen LogP contribution in [0.25, 0.3) is 0 Å². The van der Waals surface area contributed by atoms with E-state index in [9.17, 15) is 9.90 Å². The topological polar surface area (TPSA) is 37.3 Å². The van der Waals surface area contributed by atoms with Crippen molar-refractivity contribution in [2.24, 2.45) is 29.1 Å². The van der Waals surface area contributed by atoms with Crippen LogP contribution in [0, 0.1) is 41.4 Å². The fourth-order valence-electron chi connectivity index (χ4n) is 6.96. The second kappa shape index (κ2) is 5.21. The molecule has 4 rings (SSSR count). The van der Waals surface area contributed by atoms with E-state index in [1.807, 2.05) is 6.08 Å². The molecule has 2 heteroatoms. The van der Waals surface area contributed by atoms with Crippen molar-refractivity contribution in [1.29, 1.82) is 0 Å². The zero-order valence-corrected chi connectivity index (χ0v) is 14.2. The summed E-state index contributed by atoms with van der Waals surface area (Å²) < 4.78 is 0. The van der Waals surface area contributed by atoms with Gasteiger partial charge in [-0.2, -0.15) is 0 Å². The molecule has 0 radical (unpaired) electrons. The zero-order chi connectivity index (χ0) is 16.2. The molecule has 3 saturated carbocycles. The number of carbonyl (C=O) groups is 1. The first-order valence-corrected chi connectivity index (χ1v) is 9.48. The fraction of sp³-hybridized carbons (Fsp3) is 0.762. The van der Waals surface area contributed by atoms with Crippen molar-refractivity contribution in [1.82, 2.24) is 0 Å². The Morgan fingerprint density at radius 2 is 2.04 bits per heavy atom. The molecule has 0 spiro atoms. The number of carbonyl (C=O) groups excluding carboxylic acids is 1. The number of hydrogen-bond donors (Lipinski definition) is 1. The van der Waals surface area contributed by atoms with Crippen LogP contribution in [0.5, 0.6) is 0 Å². The maximum atomic E-state index is 11.8. The third-order valence-corrected chi connectivity index (χ3v) is 8.02. The zero-order valence-electron chi connectivity index (χ0n) is 14.2. The van der Waals surface area contributed by atoms with E-state index in [4.69, 9.17) is 6.42 Å². The number of ketones is 1. The first-order valence-electron chi connectivity index (χ1n) is 9.48. The van der Waals surface area contributed by atoms with Gasteiger partial charge in [0.25, 0.3) is 0 Å². The Balaban J connectivity index is 1.67. The van der Waals surface area contributed by atoms with Crippen LogP contribution in [0.15, 0.2) is 11.6 Å². The summed E-state index contributed by atoms with van der Waals surface area (Å²) in [6.45, 7) is 2.22. The molecule has 6 atom stereocenters. The van der Waals surface area contributed by atoms with Crippen LogP contribution in [0.4, 0.5) is 0 Å². The summed E-state index contributed by atoms with van der Waals surface area (Å²) in [5.74, 6) is 5.73. The Labute approximate surface area is 139 Å². The normalized spacial score (nSPS) is 48.7. The summed E-state index contributed by atoms with van der Waals surface area (Å²) in [7, 11) is 0. The van der Waals surface area contributed by atoms with Gasteiger partial charge in [0.1, 0.15) is 5.60 Å². The molecule has 124 valence electrons. The monoisotopic (exact) mass is 312 g/mol. The average molecular weight is 312 g/mol. The van der Waals surface area contributed by atoms with E-state index in [1.165, 1.54) is 18.4 Å². The number of hydrogen-bond acceptors (Lipinski definition) is 2. The van der Waals surface area contributed by atoms with Gasteiger partial charge < -0.3 is 5.11 Å². The van der Waals surface area contributed by atoms with Crippen molar-refractivity contribution in [2.45, 2.75) is 70.3 Å². The van der Waals surface area contributed by atoms with Gasteiger partial charge in [0.2, 0.25) is 0 Å². The van der Waals surface area contributed by atoms with E-state index < -0.39 is 5.60 Å². The second-order valence-corrected chi connectivity index (χ2v) is 8.40. The SMILES string of the molecule is C#C[C@]1(O)CC[C@@H]2[C@@H]3CCC4=CC(=O)CC[C@@H]4[C@@H]3CC[C@]21CC. The lowest BCUT2D eigenvalue weighted by Gasteiger charge is -2.55. The highest BCUT2D eigenvalue weighted by atomic mass is 16.3. The predicted octanol–water partition coefficient (Wildman–Crippen LogP) is 3.88. The van der Waals surface area contributed by atoms with Gasteiger partial charge in [-0.3, -0.25) is 4.79 Å². The van der Waals surface area contributed by atoms with Crippen LogP contribution in [0.1, 0.15) is 64.7 Å². The summed E-state index contributed by atoms with van der Waals surface area (Å²) in [6.07, 6.45) is 16.9. The first kappa shape index (κ1) is 15.5. The Morgan fingerprint density at radius 1 is 1.22 bits per heavy atom. The fourth-order valence-corrected chi connectivity index (χ4v) is 6.96. The van der Waals surface area contributed by atoms with Gasteiger partial charge in [-0.25, -0.2) is 0 Å². The van der Waals surface area contributed by atoms with Gasteiger partial charge >= 0.3 is 0 Å². The van der Waals surface area contributed by atoms with Crippen LogP contribution in [-0.4, -0.2) is 16.5 Å². The number of rotatable bonds is 1. The quantitative estimate of drug-likeness (QED) is 0.746. The van der Waals surface area contributed by atoms with E-state index in [2.05, 4.69) is 12.8 Å². The molecule has 0 aromatic carbocycles. The molecule has 4 aliphatic rings. The van der Waals surface area contributed by atoms with Gasteiger partial charge in [-0.15, -0.1) is 6.42 Å². The lowest BCUT2D eigenvalue weighted by atomic mass is 9.49. The molecule has 0 saturated heterocycles. The predicted molar refractivity (Wildman–Crippen MR) is 90.5 cm³/mol. The standard InChI is InChI=1S/C21H28O2/c1-3-20-11-9-17-16-8-6-15(22)13-14(16)5-7-18(17)19(20)10-12-21(20,23)4-2/h2,13,16-19,23H,3,5-12H2,1H3/t16-,17-,18+,19+,20+,21-/m0/s1. The smallest absolute Gasteiger partial charge is 0.155 e. The molecule has 0 heterocycles. The molecule has 4 aliphatic carbocycles. The third kappa shape index (κ3) is 1.96. The van der Waals surface area contributed by atoms with Crippen LogP contribution in [-0.2, 0) is 4.79 Å². The Morgan fingerprint density at radius 3 is 2.78 bits per heavy atom. The average Bonchev–Trinajstić information content (AvgIpc) is 2.88. The molecule has 0 amide bonds. The lowest BCUT2D eigenvalue weighted by molar-refractivity contribution is -0.117. The van der Waals surface area contributed by atoms with Crippen molar-refractivity contribution in [3.8, 4) is 12.3 Å². The molecule has 0 aromatic rings. The highest BCUT2D eigenvalue weighted by molar-refractivity contribution is 5.91. The van der Waals surface area contributed by atoms with Crippen LogP contribution < -0.4 is 0 Å². The lowest BCUT2D eigenvalue weighted by Crippen LogP contribution is -2.53. The van der Waals surface area contributed by atoms with Crippen LogP contribution in [0.3, 0.4) is 0 Å². The molecule has 0 aromatic heterocycles. The Kier molecular flexibility index (Phi) is 3.50. The van der Waals surface area contributed by atoms with Gasteiger partial charge in [-0.1, -0.05) is 18.4 Å². The summed E-state index contributed by atoms with van der Waals surface area (Å²) in [5, 5.41) is 11.1. The number of aliphatic hydroxyl groups is 1. The summed E-state index contributed by atoms with van der Waals surface area (Å²) in [6, 6.07) is 0. The van der Waals surface area contributed by atoms with Gasteiger partial charge in [-0.05, 0) is 81.1 Å². The molecule has 0 unspecified atom stereocenters. The minimum Gasteiger partial charge on any atom is -0.377 e. The number of allylic oxidation sites excluding steroid dienone is 1. The number of fused-ring (bicyclic) bond motifs is 5. The van der Waals surface area contributed by atoms with Crippen molar-refractivity contribution in [3.63, 3.8) is 0 Å². The molecule has 1 N–H and O–H groups in total. The maximum absolute atomic E-state index is 11.8. The van der Waals surface area contributed by atoms with Crippen molar-refractivity contribution in [3.05, 3.63) is 11.6 Å². The molecule has 2 nitrogen and oxygen atoms in total. The Bertz CT molecular complexity index is 597. The van der Waals surface area contributed by atoms with E-state index in [1.54, 1.807) is 0 Å². The van der Waals surface area contributed by atoms with Crippen molar-refractivity contribution in [2.75, 3.05) is 0 Å². The molecular formula is C21H28O2. The molecule has 3 fully saturated rings. The van der Waals surface area contributed by atoms with Gasteiger partial charge in [0.15, 0.2) is 5.78 Å². The Hall–Kier alpha value is -1.07. The van der Waals surface area contributed by atoms with Gasteiger partial charge in [0, 0.05) is 11.8 Å². The van der Waals surface area contributed by atoms with E-state index in [-0.39, 0.29) is 5.41 Å². The van der Waals surface area contributed by atoms with E-state index >= 15 is 0 Å². The first-order chi connectivity index (χ1) is 11.0. The highest BCUT2D eigenvalue weighted by Gasteiger charge is 2.63. The van der Waals surface area contributed by atoms with Crippen LogP contribution >= 0.6 is 0 Å². The highest BCUT2D eigenvalue weighted by Crippen LogP contribution is 2.66. The second-order valence-electron chi connectivity index (χ2n) is 8.40. The summed E-state index contributed by atoms with van der Waals surface area (Å²) in [5.41, 5.74) is 0.474. The van der Waals surface area contributed by atoms with Crippen LogP contribution in [0.2, 0.25) is 0 Å². The minimum atomic E-state index is -0.893. The molecule has 0 aliphatic heterocycles. The van der Waals surface area contributed by atoms with E-state index in [0.717, 1.165) is 44.9 Å². The third-order valence-electron chi connectivity index (χ3n) is 8.02. The maximum Gasteiger partial charge on any atom is 0.155 e. The van der Waals surface area contributed by atoms with Gasteiger partial charge in [0.05, 0.1) is 0 Å². The summed E-state index contributed by atoms with van der Waals surface area (Å²) in [4.78, 5) is 11.8. The minimum absolute atomic E-state index is 0.0609. The van der Waals surface area contributed by atoms with Crippen molar-refractivity contribution >= 4 is 5.78 Å². The van der Waals surface area contributed by atoms with Crippen molar-refractivity contribution < 1.29 is 9.90 Å². The molecule has 0 bridgehead atoms. The molecule has 23 heavy (non-hydrogen) atoms. The molecular weight excluding hydrogens is 284 g/mol. The van der Waals surface area contributed by atoms with E-state index in [0.29, 0.717) is 29.5 Å². The number of terminal acetylenes is 1.